The van der Waals surface area contributed by atoms with Crippen LogP contribution in [0.3, 0.4) is 0 Å². The third kappa shape index (κ3) is 2.70. The lowest BCUT2D eigenvalue weighted by Gasteiger charge is -2.25. The predicted octanol–water partition coefficient (Wildman–Crippen LogP) is 3.95. The van der Waals surface area contributed by atoms with Crippen molar-refractivity contribution >= 4 is 17.3 Å². The molecule has 0 amide bonds. The largest absolute Gasteiger partial charge is 0.492 e. The number of rotatable bonds is 4. The van der Waals surface area contributed by atoms with Crippen molar-refractivity contribution < 1.29 is 14.6 Å². The molecule has 1 atom stereocenters. The van der Waals surface area contributed by atoms with Gasteiger partial charge in [-0.25, -0.2) is 4.79 Å². The number of fused-ring (bicyclic) bond motifs is 1. The van der Waals surface area contributed by atoms with E-state index in [2.05, 4.69) is 24.3 Å². The van der Waals surface area contributed by atoms with Crippen LogP contribution < -0.4 is 4.74 Å². The van der Waals surface area contributed by atoms with Crippen molar-refractivity contribution in [1.29, 1.82) is 0 Å². The third-order valence-corrected chi connectivity index (χ3v) is 4.63. The quantitative estimate of drug-likeness (QED) is 0.926. The molecule has 104 valence electrons. The molecule has 4 heteroatoms. The first-order chi connectivity index (χ1) is 9.74. The van der Waals surface area contributed by atoms with Crippen LogP contribution in [0, 0.1) is 0 Å². The van der Waals surface area contributed by atoms with Crippen LogP contribution in [-0.4, -0.2) is 17.7 Å². The Kier molecular flexibility index (Phi) is 3.74. The van der Waals surface area contributed by atoms with Crippen LogP contribution in [0.25, 0.3) is 0 Å². The molecular weight excluding hydrogens is 272 g/mol. The maximum atomic E-state index is 10.8. The third-order valence-electron chi connectivity index (χ3n) is 3.73. The minimum Gasteiger partial charge on any atom is -0.492 e. The number of carboxylic acid groups (broad SMARTS) is 1. The number of aryl methyl sites for hydroxylation is 1. The van der Waals surface area contributed by atoms with E-state index in [1.165, 1.54) is 28.9 Å². The summed E-state index contributed by atoms with van der Waals surface area (Å²) in [5.41, 5.74) is 2.80. The van der Waals surface area contributed by atoms with Crippen LogP contribution in [0.1, 0.15) is 39.6 Å². The summed E-state index contributed by atoms with van der Waals surface area (Å²) in [5, 5.41) is 10.7. The summed E-state index contributed by atoms with van der Waals surface area (Å²) in [4.78, 5) is 11.2. The Balaban J connectivity index is 1.68. The Morgan fingerprint density at radius 2 is 2.25 bits per heavy atom. The summed E-state index contributed by atoms with van der Waals surface area (Å²) in [6.07, 6.45) is 3.47. The molecule has 3 nitrogen and oxygen atoms in total. The molecule has 3 rings (SSSR count). The van der Waals surface area contributed by atoms with E-state index >= 15 is 0 Å². The smallest absolute Gasteiger partial charge is 0.346 e. The molecule has 0 aliphatic heterocycles. The molecule has 0 saturated heterocycles. The van der Waals surface area contributed by atoms with Crippen molar-refractivity contribution in [3.05, 3.63) is 51.7 Å². The van der Waals surface area contributed by atoms with Gasteiger partial charge in [-0.3, -0.25) is 0 Å². The number of benzene rings is 1. The zero-order valence-electron chi connectivity index (χ0n) is 11.0. The monoisotopic (exact) mass is 288 g/mol. The standard InChI is InChI=1S/C16H16O3S/c17-16(18)15-8-13(10-20-15)19-9-12-6-3-5-11-4-1-2-7-14(11)12/h1-2,4,7-8,10,12H,3,5-6,9H2,(H,17,18). The van der Waals surface area contributed by atoms with E-state index in [4.69, 9.17) is 9.84 Å². The van der Waals surface area contributed by atoms with Gasteiger partial charge in [0.05, 0.1) is 6.61 Å². The van der Waals surface area contributed by atoms with E-state index < -0.39 is 5.97 Å². The van der Waals surface area contributed by atoms with E-state index in [1.807, 2.05) is 0 Å². The molecule has 1 aliphatic rings. The number of hydrogen-bond donors (Lipinski definition) is 1. The van der Waals surface area contributed by atoms with E-state index in [9.17, 15) is 4.79 Å². The number of carbonyl (C=O) groups is 1. The second-order valence-corrected chi connectivity index (χ2v) is 5.96. The highest BCUT2D eigenvalue weighted by atomic mass is 32.1. The first kappa shape index (κ1) is 13.2. The van der Waals surface area contributed by atoms with Crippen molar-refractivity contribution in [2.24, 2.45) is 0 Å². The highest BCUT2D eigenvalue weighted by Gasteiger charge is 2.20. The number of carboxylic acids is 1. The van der Waals surface area contributed by atoms with Crippen LogP contribution >= 0.6 is 11.3 Å². The molecule has 0 radical (unpaired) electrons. The molecule has 20 heavy (non-hydrogen) atoms. The molecule has 2 aromatic rings. The number of hydrogen-bond acceptors (Lipinski definition) is 3. The minimum atomic E-state index is -0.895. The van der Waals surface area contributed by atoms with Gasteiger partial charge in [0.1, 0.15) is 10.6 Å². The summed E-state index contributed by atoms with van der Waals surface area (Å²) >= 11 is 1.21. The van der Waals surface area contributed by atoms with Crippen LogP contribution in [0.2, 0.25) is 0 Å². The maximum absolute atomic E-state index is 10.8. The Hall–Kier alpha value is -1.81. The summed E-state index contributed by atoms with van der Waals surface area (Å²) in [7, 11) is 0. The first-order valence-electron chi connectivity index (χ1n) is 6.76. The van der Waals surface area contributed by atoms with E-state index in [-0.39, 0.29) is 0 Å². The van der Waals surface area contributed by atoms with Crippen molar-refractivity contribution in [2.75, 3.05) is 6.61 Å². The fourth-order valence-electron chi connectivity index (χ4n) is 2.73. The lowest BCUT2D eigenvalue weighted by Crippen LogP contribution is -2.16. The molecule has 0 saturated carbocycles. The van der Waals surface area contributed by atoms with E-state index in [0.29, 0.717) is 23.2 Å². The highest BCUT2D eigenvalue weighted by Crippen LogP contribution is 2.32. The van der Waals surface area contributed by atoms with Crippen molar-refractivity contribution in [3.63, 3.8) is 0 Å². The van der Waals surface area contributed by atoms with Crippen molar-refractivity contribution in [2.45, 2.75) is 25.2 Å². The van der Waals surface area contributed by atoms with Crippen molar-refractivity contribution in [3.8, 4) is 5.75 Å². The lowest BCUT2D eigenvalue weighted by atomic mass is 9.83. The van der Waals surface area contributed by atoms with Gasteiger partial charge in [-0.2, -0.15) is 0 Å². The van der Waals surface area contributed by atoms with Crippen LogP contribution in [0.4, 0.5) is 0 Å². The topological polar surface area (TPSA) is 46.5 Å². The van der Waals surface area contributed by atoms with Crippen LogP contribution in [0.15, 0.2) is 35.7 Å². The van der Waals surface area contributed by atoms with Gasteiger partial charge in [-0.05, 0) is 30.4 Å². The van der Waals surface area contributed by atoms with Crippen LogP contribution in [0.5, 0.6) is 5.75 Å². The molecule has 1 N–H and O–H groups in total. The number of ether oxygens (including phenoxy) is 1. The number of thiophene rings is 1. The Morgan fingerprint density at radius 1 is 1.40 bits per heavy atom. The summed E-state index contributed by atoms with van der Waals surface area (Å²) in [5.74, 6) is 0.177. The molecule has 1 aromatic heterocycles. The van der Waals surface area contributed by atoms with Gasteiger partial charge in [-0.15, -0.1) is 11.3 Å². The Labute approximate surface area is 121 Å². The van der Waals surface area contributed by atoms with Gasteiger partial charge in [0.15, 0.2) is 0 Å². The number of aromatic carboxylic acids is 1. The zero-order valence-corrected chi connectivity index (χ0v) is 11.9. The molecule has 0 fully saturated rings. The van der Waals surface area contributed by atoms with Gasteiger partial charge in [0, 0.05) is 17.4 Å². The summed E-state index contributed by atoms with van der Waals surface area (Å²) in [6.45, 7) is 0.618. The van der Waals surface area contributed by atoms with Gasteiger partial charge in [0.2, 0.25) is 0 Å². The molecular formula is C16H16O3S. The second kappa shape index (κ2) is 5.67. The fraction of sp³-hybridized carbons (Fsp3) is 0.312. The average molecular weight is 288 g/mol. The molecule has 0 bridgehead atoms. The molecule has 1 unspecified atom stereocenters. The molecule has 1 heterocycles. The lowest BCUT2D eigenvalue weighted by molar-refractivity contribution is 0.0702. The maximum Gasteiger partial charge on any atom is 0.346 e. The molecule has 1 aliphatic carbocycles. The van der Waals surface area contributed by atoms with Crippen molar-refractivity contribution in [1.82, 2.24) is 0 Å². The van der Waals surface area contributed by atoms with Gasteiger partial charge in [-0.1, -0.05) is 24.3 Å². The minimum absolute atomic E-state index is 0.323. The van der Waals surface area contributed by atoms with E-state index in [1.54, 1.807) is 11.4 Å². The Bertz CT molecular complexity index is 618. The summed E-state index contributed by atoms with van der Waals surface area (Å²) < 4.78 is 5.78. The van der Waals surface area contributed by atoms with E-state index in [0.717, 1.165) is 12.8 Å². The predicted molar refractivity (Wildman–Crippen MR) is 78.9 cm³/mol. The fourth-order valence-corrected chi connectivity index (χ4v) is 3.40. The SMILES string of the molecule is O=C(O)c1cc(OCC2CCCc3ccccc32)cs1. The van der Waals surface area contributed by atoms with Crippen LogP contribution in [-0.2, 0) is 6.42 Å². The zero-order chi connectivity index (χ0) is 13.9. The van der Waals surface area contributed by atoms with Gasteiger partial charge in [0.25, 0.3) is 0 Å². The molecule has 1 aromatic carbocycles. The van der Waals surface area contributed by atoms with Gasteiger partial charge >= 0.3 is 5.97 Å². The average Bonchev–Trinajstić information content (AvgIpc) is 2.94. The van der Waals surface area contributed by atoms with Gasteiger partial charge < -0.3 is 9.84 Å². The first-order valence-corrected chi connectivity index (χ1v) is 7.64. The Morgan fingerprint density at radius 3 is 3.05 bits per heavy atom. The molecule has 0 spiro atoms. The summed E-state index contributed by atoms with van der Waals surface area (Å²) in [6, 6.07) is 10.1. The second-order valence-electron chi connectivity index (χ2n) is 5.05. The normalized spacial score (nSPS) is 17.5. The highest BCUT2D eigenvalue weighted by molar-refractivity contribution is 7.12.